The highest BCUT2D eigenvalue weighted by Crippen LogP contribution is 2.06. The van der Waals surface area contributed by atoms with Gasteiger partial charge in [0, 0.05) is 18.4 Å². The lowest BCUT2D eigenvalue weighted by molar-refractivity contribution is 0.0936. The van der Waals surface area contributed by atoms with Crippen molar-refractivity contribution in [2.24, 2.45) is 0 Å². The van der Waals surface area contributed by atoms with Crippen LogP contribution in [-0.2, 0) is 0 Å². The van der Waals surface area contributed by atoms with E-state index in [9.17, 15) is 4.79 Å². The molecular weight excluding hydrogens is 216 g/mol. The van der Waals surface area contributed by atoms with Crippen LogP contribution in [-0.4, -0.2) is 16.9 Å². The van der Waals surface area contributed by atoms with Crippen molar-refractivity contribution in [3.8, 4) is 12.1 Å². The predicted molar refractivity (Wildman–Crippen MR) is 60.7 cm³/mol. The summed E-state index contributed by atoms with van der Waals surface area (Å²) < 4.78 is 0. The number of carbonyl (C=O) groups excluding carboxylic acids is 1. The third-order valence-corrected chi connectivity index (χ3v) is 2.35. The summed E-state index contributed by atoms with van der Waals surface area (Å²) in [5.74, 6) is -0.364. The molecule has 0 aliphatic carbocycles. The summed E-state index contributed by atoms with van der Waals surface area (Å²) in [5, 5.41) is 20.1. The second-order valence-corrected chi connectivity index (χ2v) is 3.47. The molecule has 0 radical (unpaired) electrons. The van der Waals surface area contributed by atoms with Crippen LogP contribution in [0, 0.1) is 22.7 Å². The number of nitrogens with zero attached hydrogens (tertiary/aromatic N) is 3. The van der Waals surface area contributed by atoms with Gasteiger partial charge in [0.1, 0.15) is 6.07 Å². The van der Waals surface area contributed by atoms with Crippen molar-refractivity contribution in [2.75, 3.05) is 0 Å². The molecule has 1 rings (SSSR count). The third kappa shape index (κ3) is 3.29. The Morgan fingerprint density at radius 3 is 2.94 bits per heavy atom. The van der Waals surface area contributed by atoms with E-state index in [1.54, 1.807) is 0 Å². The first-order valence-corrected chi connectivity index (χ1v) is 5.24. The number of pyridine rings is 1. The fraction of sp³-hybridized carbons (Fsp3) is 0.333. The Hall–Kier alpha value is -2.40. The summed E-state index contributed by atoms with van der Waals surface area (Å²) in [7, 11) is 0. The van der Waals surface area contributed by atoms with Gasteiger partial charge in [-0.25, -0.2) is 0 Å². The Morgan fingerprint density at radius 1 is 1.59 bits per heavy atom. The maximum Gasteiger partial charge on any atom is 0.254 e. The fourth-order valence-corrected chi connectivity index (χ4v) is 1.34. The Morgan fingerprint density at radius 2 is 2.35 bits per heavy atom. The van der Waals surface area contributed by atoms with Gasteiger partial charge in [-0.2, -0.15) is 10.5 Å². The predicted octanol–water partition coefficient (Wildman–Crippen LogP) is 1.38. The van der Waals surface area contributed by atoms with Gasteiger partial charge in [0.15, 0.2) is 0 Å². The maximum absolute atomic E-state index is 11.9. The molecule has 0 aliphatic rings. The van der Waals surface area contributed by atoms with Crippen LogP contribution in [0.1, 0.15) is 35.7 Å². The highest BCUT2D eigenvalue weighted by molar-refractivity contribution is 5.96. The van der Waals surface area contributed by atoms with Crippen LogP contribution >= 0.6 is 0 Å². The quantitative estimate of drug-likeness (QED) is 0.842. The van der Waals surface area contributed by atoms with E-state index in [2.05, 4.69) is 10.3 Å². The molecule has 86 valence electrons. The zero-order chi connectivity index (χ0) is 12.7. The zero-order valence-electron chi connectivity index (χ0n) is 9.47. The number of hydrogen-bond acceptors (Lipinski definition) is 4. The molecule has 0 fully saturated rings. The Balaban J connectivity index is 2.84. The average molecular weight is 228 g/mol. The zero-order valence-corrected chi connectivity index (χ0v) is 9.47. The van der Waals surface area contributed by atoms with Crippen LogP contribution in [0.2, 0.25) is 0 Å². The maximum atomic E-state index is 11.9. The van der Waals surface area contributed by atoms with Crippen molar-refractivity contribution in [2.45, 2.75) is 25.8 Å². The largest absolute Gasteiger partial charge is 0.348 e. The molecule has 1 aromatic heterocycles. The van der Waals surface area contributed by atoms with Gasteiger partial charge in [0.25, 0.3) is 5.91 Å². The first-order chi connectivity index (χ1) is 8.22. The molecule has 0 aliphatic heterocycles. The summed E-state index contributed by atoms with van der Waals surface area (Å²) >= 11 is 0. The van der Waals surface area contributed by atoms with E-state index < -0.39 is 0 Å². The van der Waals surface area contributed by atoms with Crippen molar-refractivity contribution in [1.82, 2.24) is 10.3 Å². The molecule has 5 heteroatoms. The third-order valence-electron chi connectivity index (χ3n) is 2.35. The summed E-state index contributed by atoms with van der Waals surface area (Å²) in [5.41, 5.74) is 0.524. The summed E-state index contributed by atoms with van der Waals surface area (Å²) in [6, 6.07) is 5.23. The second-order valence-electron chi connectivity index (χ2n) is 3.47. The highest BCUT2D eigenvalue weighted by Gasteiger charge is 2.15. The summed E-state index contributed by atoms with van der Waals surface area (Å²) in [6.07, 6.45) is 3.74. The standard InChI is InChI=1S/C12H12N4O/c1-2-10(3-5-13)16-12(17)11-8-15-6-4-9(11)7-14/h4,6,8,10H,2-3H2,1H3,(H,16,17). The molecule has 17 heavy (non-hydrogen) atoms. The summed E-state index contributed by atoms with van der Waals surface area (Å²) in [6.45, 7) is 1.89. The summed E-state index contributed by atoms with van der Waals surface area (Å²) in [4.78, 5) is 15.7. The SMILES string of the molecule is CCC(CC#N)NC(=O)c1cnccc1C#N. The fourth-order valence-electron chi connectivity index (χ4n) is 1.34. The van der Waals surface area contributed by atoms with E-state index in [1.807, 2.05) is 19.1 Å². The van der Waals surface area contributed by atoms with Gasteiger partial charge >= 0.3 is 0 Å². The number of aromatic nitrogens is 1. The normalized spacial score (nSPS) is 11.0. The topological polar surface area (TPSA) is 89.6 Å². The monoisotopic (exact) mass is 228 g/mol. The van der Waals surface area contributed by atoms with Crippen molar-refractivity contribution < 1.29 is 4.79 Å². The smallest absolute Gasteiger partial charge is 0.254 e. The van der Waals surface area contributed by atoms with Gasteiger partial charge in [-0.05, 0) is 12.5 Å². The molecule has 1 aromatic rings. The minimum Gasteiger partial charge on any atom is -0.348 e. The van der Waals surface area contributed by atoms with Gasteiger partial charge < -0.3 is 5.32 Å². The lowest BCUT2D eigenvalue weighted by Crippen LogP contribution is -2.34. The molecular formula is C12H12N4O. The van der Waals surface area contributed by atoms with E-state index in [-0.39, 0.29) is 29.5 Å². The molecule has 1 heterocycles. The van der Waals surface area contributed by atoms with Gasteiger partial charge in [-0.15, -0.1) is 0 Å². The van der Waals surface area contributed by atoms with Crippen LogP contribution < -0.4 is 5.32 Å². The van der Waals surface area contributed by atoms with Crippen LogP contribution in [0.15, 0.2) is 18.5 Å². The molecule has 5 nitrogen and oxygen atoms in total. The molecule has 1 atom stereocenters. The minimum atomic E-state index is -0.364. The minimum absolute atomic E-state index is 0.195. The number of rotatable bonds is 4. The molecule has 1 amide bonds. The molecule has 0 saturated carbocycles. The Bertz CT molecular complexity index is 484. The molecule has 0 spiro atoms. The number of nitrogens with one attached hydrogen (secondary N) is 1. The Kier molecular flexibility index (Phi) is 4.65. The van der Waals surface area contributed by atoms with Gasteiger partial charge in [-0.1, -0.05) is 6.92 Å². The molecule has 0 bridgehead atoms. The average Bonchev–Trinajstić information content (AvgIpc) is 2.38. The van der Waals surface area contributed by atoms with Crippen molar-refractivity contribution in [3.63, 3.8) is 0 Å². The van der Waals surface area contributed by atoms with Crippen LogP contribution in [0.3, 0.4) is 0 Å². The van der Waals surface area contributed by atoms with Crippen LogP contribution in [0.25, 0.3) is 0 Å². The van der Waals surface area contributed by atoms with Gasteiger partial charge in [0.05, 0.1) is 23.6 Å². The number of amides is 1. The molecule has 1 N–H and O–H groups in total. The molecule has 1 unspecified atom stereocenters. The van der Waals surface area contributed by atoms with E-state index >= 15 is 0 Å². The van der Waals surface area contributed by atoms with Crippen molar-refractivity contribution in [1.29, 1.82) is 10.5 Å². The lowest BCUT2D eigenvalue weighted by Gasteiger charge is -2.13. The van der Waals surface area contributed by atoms with E-state index in [0.717, 1.165) is 0 Å². The second kappa shape index (κ2) is 6.24. The van der Waals surface area contributed by atoms with Crippen LogP contribution in [0.5, 0.6) is 0 Å². The van der Waals surface area contributed by atoms with Gasteiger partial charge in [-0.3, -0.25) is 9.78 Å². The first-order valence-electron chi connectivity index (χ1n) is 5.24. The van der Waals surface area contributed by atoms with Crippen molar-refractivity contribution >= 4 is 5.91 Å². The van der Waals surface area contributed by atoms with Crippen molar-refractivity contribution in [3.05, 3.63) is 29.6 Å². The van der Waals surface area contributed by atoms with E-state index in [1.165, 1.54) is 18.5 Å². The van der Waals surface area contributed by atoms with E-state index in [4.69, 9.17) is 10.5 Å². The highest BCUT2D eigenvalue weighted by atomic mass is 16.1. The first kappa shape index (κ1) is 12.7. The van der Waals surface area contributed by atoms with E-state index in [0.29, 0.717) is 6.42 Å². The molecule has 0 saturated heterocycles. The number of nitriles is 2. The number of hydrogen-bond donors (Lipinski definition) is 1. The van der Waals surface area contributed by atoms with Crippen LogP contribution in [0.4, 0.5) is 0 Å². The van der Waals surface area contributed by atoms with Gasteiger partial charge in [0.2, 0.25) is 0 Å². The number of carbonyl (C=O) groups is 1. The molecule has 0 aromatic carbocycles. The Labute approximate surface area is 99.7 Å². The lowest BCUT2D eigenvalue weighted by atomic mass is 10.1.